The molecule has 0 aliphatic carbocycles. The molecule has 0 aliphatic rings. The van der Waals surface area contributed by atoms with Gasteiger partial charge in [0.15, 0.2) is 0 Å². The van der Waals surface area contributed by atoms with Crippen LogP contribution < -0.4 is 11.1 Å². The number of imidazole rings is 1. The van der Waals surface area contributed by atoms with Crippen LogP contribution in [0.4, 0.5) is 0 Å². The fourth-order valence-electron chi connectivity index (χ4n) is 1.61. The van der Waals surface area contributed by atoms with Gasteiger partial charge < -0.3 is 21.1 Å². The number of rotatable bonds is 9. The molecule has 0 saturated carbocycles. The summed E-state index contributed by atoms with van der Waals surface area (Å²) < 4.78 is 0. The van der Waals surface area contributed by atoms with Gasteiger partial charge in [-0.15, -0.1) is 0 Å². The van der Waals surface area contributed by atoms with E-state index in [0.29, 0.717) is 6.54 Å². The van der Waals surface area contributed by atoms with Crippen molar-refractivity contribution >= 4 is 11.9 Å². The molecule has 19 heavy (non-hydrogen) atoms. The minimum absolute atomic E-state index is 0.0889. The molecule has 1 aromatic rings. The number of aryl methyl sites for hydroxylation is 1. The van der Waals surface area contributed by atoms with Crippen LogP contribution in [0.15, 0.2) is 12.5 Å². The highest BCUT2D eigenvalue weighted by molar-refractivity contribution is 5.82. The normalized spacial score (nSPS) is 12.1. The van der Waals surface area contributed by atoms with E-state index in [0.717, 1.165) is 25.0 Å². The summed E-state index contributed by atoms with van der Waals surface area (Å²) in [7, 11) is 0. The van der Waals surface area contributed by atoms with Crippen LogP contribution in [-0.4, -0.2) is 39.5 Å². The molecule has 1 aromatic heterocycles. The SMILES string of the molecule is NC(CCC(=O)O)C(=O)NCCCCc1cnc[nH]1. The number of H-pyrrole nitrogens is 1. The molecule has 7 heteroatoms. The Kier molecular flexibility index (Phi) is 6.59. The van der Waals surface area contributed by atoms with E-state index in [1.54, 1.807) is 12.5 Å². The topological polar surface area (TPSA) is 121 Å². The number of unbranched alkanes of at least 4 members (excludes halogenated alkanes) is 1. The first kappa shape index (κ1) is 15.2. The van der Waals surface area contributed by atoms with Gasteiger partial charge in [-0.3, -0.25) is 9.59 Å². The second kappa shape index (κ2) is 8.25. The molecule has 1 atom stereocenters. The molecule has 1 heterocycles. The first-order chi connectivity index (χ1) is 9.09. The largest absolute Gasteiger partial charge is 0.481 e. The van der Waals surface area contributed by atoms with Crippen LogP contribution in [0.2, 0.25) is 0 Å². The van der Waals surface area contributed by atoms with E-state index < -0.39 is 12.0 Å². The highest BCUT2D eigenvalue weighted by Crippen LogP contribution is 2.00. The molecular formula is C12H20N4O3. The van der Waals surface area contributed by atoms with Crippen LogP contribution in [0.3, 0.4) is 0 Å². The lowest BCUT2D eigenvalue weighted by Gasteiger charge is -2.10. The lowest BCUT2D eigenvalue weighted by molar-refractivity contribution is -0.137. The van der Waals surface area contributed by atoms with Gasteiger partial charge in [0, 0.05) is 24.9 Å². The number of aliphatic carboxylic acids is 1. The maximum Gasteiger partial charge on any atom is 0.303 e. The van der Waals surface area contributed by atoms with Gasteiger partial charge in [-0.25, -0.2) is 4.98 Å². The van der Waals surface area contributed by atoms with Gasteiger partial charge >= 0.3 is 5.97 Å². The van der Waals surface area contributed by atoms with Gasteiger partial charge in [0.25, 0.3) is 0 Å². The number of carboxylic acid groups (broad SMARTS) is 1. The van der Waals surface area contributed by atoms with E-state index in [2.05, 4.69) is 15.3 Å². The number of carbonyl (C=O) groups excluding carboxylic acids is 1. The Morgan fingerprint density at radius 3 is 2.89 bits per heavy atom. The Morgan fingerprint density at radius 2 is 2.26 bits per heavy atom. The predicted molar refractivity (Wildman–Crippen MR) is 69.4 cm³/mol. The first-order valence-corrected chi connectivity index (χ1v) is 6.32. The Morgan fingerprint density at radius 1 is 1.47 bits per heavy atom. The Hall–Kier alpha value is -1.89. The lowest BCUT2D eigenvalue weighted by Crippen LogP contribution is -2.41. The van der Waals surface area contributed by atoms with Crippen LogP contribution in [0.25, 0.3) is 0 Å². The van der Waals surface area contributed by atoms with E-state index in [-0.39, 0.29) is 18.7 Å². The van der Waals surface area contributed by atoms with E-state index in [9.17, 15) is 9.59 Å². The Bertz CT molecular complexity index is 392. The molecule has 1 unspecified atom stereocenters. The van der Waals surface area contributed by atoms with Gasteiger partial charge in [-0.1, -0.05) is 0 Å². The Balaban J connectivity index is 2.04. The molecule has 0 fully saturated rings. The van der Waals surface area contributed by atoms with E-state index in [1.165, 1.54) is 0 Å². The summed E-state index contributed by atoms with van der Waals surface area (Å²) in [6.45, 7) is 0.549. The molecule has 0 saturated heterocycles. The summed E-state index contributed by atoms with van der Waals surface area (Å²) in [6.07, 6.45) is 6.16. The van der Waals surface area contributed by atoms with Crippen molar-refractivity contribution in [1.82, 2.24) is 15.3 Å². The maximum absolute atomic E-state index is 11.5. The minimum atomic E-state index is -0.942. The average molecular weight is 268 g/mol. The monoisotopic (exact) mass is 268 g/mol. The molecule has 0 aliphatic heterocycles. The van der Waals surface area contributed by atoms with E-state index in [1.807, 2.05) is 0 Å². The number of carbonyl (C=O) groups is 2. The zero-order valence-electron chi connectivity index (χ0n) is 10.8. The lowest BCUT2D eigenvalue weighted by atomic mass is 10.1. The van der Waals surface area contributed by atoms with E-state index >= 15 is 0 Å². The van der Waals surface area contributed by atoms with Gasteiger partial charge in [0.1, 0.15) is 0 Å². The standard InChI is InChI=1S/C12H20N4O3/c13-10(4-5-11(17)18)12(19)15-6-2-1-3-9-7-14-8-16-9/h7-8,10H,1-6,13H2,(H,14,16)(H,15,19)(H,17,18). The number of aromatic nitrogens is 2. The number of nitrogens with one attached hydrogen (secondary N) is 2. The average Bonchev–Trinajstić information content (AvgIpc) is 2.88. The number of hydrogen-bond acceptors (Lipinski definition) is 4. The number of aromatic amines is 1. The van der Waals surface area contributed by atoms with Gasteiger partial charge in [0.05, 0.1) is 12.4 Å². The summed E-state index contributed by atoms with van der Waals surface area (Å²) >= 11 is 0. The van der Waals surface area contributed by atoms with Crippen LogP contribution in [0, 0.1) is 0 Å². The fraction of sp³-hybridized carbons (Fsp3) is 0.583. The highest BCUT2D eigenvalue weighted by Gasteiger charge is 2.13. The van der Waals surface area contributed by atoms with Crippen molar-refractivity contribution in [2.24, 2.45) is 5.73 Å². The summed E-state index contributed by atoms with van der Waals surface area (Å²) in [5.41, 5.74) is 6.64. The molecule has 0 aromatic carbocycles. The van der Waals surface area contributed by atoms with Crippen molar-refractivity contribution in [1.29, 1.82) is 0 Å². The van der Waals surface area contributed by atoms with Crippen molar-refractivity contribution in [3.05, 3.63) is 18.2 Å². The predicted octanol–water partition coefficient (Wildman–Crippen LogP) is 0.0407. The fourth-order valence-corrected chi connectivity index (χ4v) is 1.61. The number of hydrogen-bond donors (Lipinski definition) is 4. The molecular weight excluding hydrogens is 248 g/mol. The van der Waals surface area contributed by atoms with Crippen LogP contribution in [-0.2, 0) is 16.0 Å². The number of nitrogens with zero attached hydrogens (tertiary/aromatic N) is 1. The molecule has 7 nitrogen and oxygen atoms in total. The summed E-state index contributed by atoms with van der Waals surface area (Å²) in [5.74, 6) is -1.23. The molecule has 1 rings (SSSR count). The quantitative estimate of drug-likeness (QED) is 0.471. The zero-order valence-corrected chi connectivity index (χ0v) is 10.8. The Labute approximate surface area is 111 Å². The molecule has 0 radical (unpaired) electrons. The second-order valence-corrected chi connectivity index (χ2v) is 4.36. The summed E-state index contributed by atoms with van der Waals surface area (Å²) in [5, 5.41) is 11.2. The third kappa shape index (κ3) is 6.56. The molecule has 0 spiro atoms. The van der Waals surface area contributed by atoms with Crippen LogP contribution in [0.5, 0.6) is 0 Å². The number of nitrogens with two attached hydrogens (primary N) is 1. The van der Waals surface area contributed by atoms with Crippen molar-refractivity contribution in [3.63, 3.8) is 0 Å². The first-order valence-electron chi connectivity index (χ1n) is 6.32. The third-order valence-corrected chi connectivity index (χ3v) is 2.73. The molecule has 5 N–H and O–H groups in total. The van der Waals surface area contributed by atoms with E-state index in [4.69, 9.17) is 10.8 Å². The van der Waals surface area contributed by atoms with Gasteiger partial charge in [-0.2, -0.15) is 0 Å². The van der Waals surface area contributed by atoms with Gasteiger partial charge in [-0.05, 0) is 25.7 Å². The molecule has 1 amide bonds. The van der Waals surface area contributed by atoms with Crippen molar-refractivity contribution in [3.8, 4) is 0 Å². The third-order valence-electron chi connectivity index (χ3n) is 2.73. The number of carboxylic acids is 1. The van der Waals surface area contributed by atoms with Crippen molar-refractivity contribution < 1.29 is 14.7 Å². The van der Waals surface area contributed by atoms with Crippen LogP contribution in [0.1, 0.15) is 31.4 Å². The van der Waals surface area contributed by atoms with Crippen molar-refractivity contribution in [2.45, 2.75) is 38.1 Å². The van der Waals surface area contributed by atoms with Crippen molar-refractivity contribution in [2.75, 3.05) is 6.54 Å². The smallest absolute Gasteiger partial charge is 0.303 e. The molecule has 106 valence electrons. The highest BCUT2D eigenvalue weighted by atomic mass is 16.4. The minimum Gasteiger partial charge on any atom is -0.481 e. The maximum atomic E-state index is 11.5. The summed E-state index contributed by atoms with van der Waals surface area (Å²) in [6, 6.07) is -0.747. The number of amides is 1. The van der Waals surface area contributed by atoms with Gasteiger partial charge in [0.2, 0.25) is 5.91 Å². The summed E-state index contributed by atoms with van der Waals surface area (Å²) in [4.78, 5) is 28.8. The zero-order chi connectivity index (χ0) is 14.1. The van der Waals surface area contributed by atoms with Crippen LogP contribution >= 0.6 is 0 Å². The molecule has 0 bridgehead atoms. The second-order valence-electron chi connectivity index (χ2n) is 4.36.